The third-order valence-electron chi connectivity index (χ3n) is 8.39. The number of carbonyl (C=O) groups excluding carboxylic acids is 2. The third-order valence-corrected chi connectivity index (χ3v) is 10.3. The molecule has 1 atom stereocenters. The number of allylic oxidation sites excluding steroid dienone is 2. The fraction of sp³-hybridized carbons (Fsp3) is 0.237. The number of amides is 3. The summed E-state index contributed by atoms with van der Waals surface area (Å²) >= 11 is 0. The quantitative estimate of drug-likeness (QED) is 0.128. The van der Waals surface area contributed by atoms with E-state index in [9.17, 15) is 27.9 Å². The minimum Gasteiger partial charge on any atom is -0.479 e. The number of benzene rings is 4. The number of aliphatic carboxylic acids is 1. The fourth-order valence-electron chi connectivity index (χ4n) is 5.70. The third kappa shape index (κ3) is 8.76. The Morgan fingerprint density at radius 1 is 0.860 bits per heavy atom. The molecule has 0 aromatic heterocycles. The lowest BCUT2D eigenvalue weighted by molar-refractivity contribution is -0.146. The molecule has 0 spiro atoms. The van der Waals surface area contributed by atoms with E-state index < -0.39 is 40.6 Å². The van der Waals surface area contributed by atoms with Gasteiger partial charge < -0.3 is 20.8 Å². The monoisotopic (exact) mass is 696 g/mol. The van der Waals surface area contributed by atoms with Crippen molar-refractivity contribution >= 4 is 50.6 Å². The summed E-state index contributed by atoms with van der Waals surface area (Å²) in [6.45, 7) is 1.65. The van der Waals surface area contributed by atoms with Crippen molar-refractivity contribution in [1.82, 2.24) is 5.32 Å². The van der Waals surface area contributed by atoms with E-state index >= 15 is 0 Å². The topological polar surface area (TPSA) is 156 Å². The van der Waals surface area contributed by atoms with Gasteiger partial charge in [0.15, 0.2) is 6.10 Å². The van der Waals surface area contributed by atoms with Crippen molar-refractivity contribution in [2.45, 2.75) is 50.2 Å². The summed E-state index contributed by atoms with van der Waals surface area (Å²) in [6, 6.07) is 28.6. The molecule has 0 fully saturated rings. The number of para-hydroxylation sites is 1. The predicted octanol–water partition coefficient (Wildman–Crippen LogP) is 6.27. The van der Waals surface area contributed by atoms with Crippen LogP contribution in [0.1, 0.15) is 54.1 Å². The first-order valence-corrected chi connectivity index (χ1v) is 17.8. The first-order valence-electron chi connectivity index (χ1n) is 16.4. The SMILES string of the molecule is CCN(c1ccccc1)S(=O)(=O)c1cccc(NC(=O)N(Cc2ccc(C(=O)NC[C@@H](O)C(=O)O)cc2)c2ccc(C3=CCCCC3)cc2)c1. The van der Waals surface area contributed by atoms with E-state index in [0.29, 0.717) is 22.6 Å². The first kappa shape index (κ1) is 35.8. The maximum atomic E-state index is 14.0. The number of aliphatic hydroxyl groups is 1. The van der Waals surface area contributed by atoms with Gasteiger partial charge in [-0.3, -0.25) is 14.0 Å². The van der Waals surface area contributed by atoms with Crippen molar-refractivity contribution in [2.24, 2.45) is 0 Å². The normalized spacial score (nSPS) is 13.4. The van der Waals surface area contributed by atoms with Crippen LogP contribution in [-0.4, -0.2) is 55.7 Å². The number of nitrogens with zero attached hydrogens (tertiary/aromatic N) is 2. The lowest BCUT2D eigenvalue weighted by Gasteiger charge is -2.25. The summed E-state index contributed by atoms with van der Waals surface area (Å²) in [7, 11) is -3.94. The molecule has 0 saturated carbocycles. The second-order valence-corrected chi connectivity index (χ2v) is 13.7. The second-order valence-electron chi connectivity index (χ2n) is 11.8. The van der Waals surface area contributed by atoms with Gasteiger partial charge in [-0.2, -0.15) is 0 Å². The zero-order valence-corrected chi connectivity index (χ0v) is 28.5. The fourth-order valence-corrected chi connectivity index (χ4v) is 7.22. The number of carboxylic acid groups (broad SMARTS) is 1. The molecule has 0 aliphatic heterocycles. The molecule has 1 aliphatic carbocycles. The average Bonchev–Trinajstić information content (AvgIpc) is 3.14. The summed E-state index contributed by atoms with van der Waals surface area (Å²) in [5.74, 6) is -1.99. The maximum Gasteiger partial charge on any atom is 0.334 e. The van der Waals surface area contributed by atoms with E-state index in [1.165, 1.54) is 33.3 Å². The van der Waals surface area contributed by atoms with Gasteiger partial charge in [0.1, 0.15) is 0 Å². The number of hydrogen-bond donors (Lipinski definition) is 4. The summed E-state index contributed by atoms with van der Waals surface area (Å²) in [4.78, 5) is 38.9. The van der Waals surface area contributed by atoms with E-state index in [0.717, 1.165) is 24.8 Å². The van der Waals surface area contributed by atoms with E-state index in [1.807, 2.05) is 30.3 Å². The highest BCUT2D eigenvalue weighted by Crippen LogP contribution is 2.30. The number of carboxylic acids is 1. The number of anilines is 3. The molecule has 50 heavy (non-hydrogen) atoms. The van der Waals surface area contributed by atoms with Crippen molar-refractivity contribution in [1.29, 1.82) is 0 Å². The van der Waals surface area contributed by atoms with Gasteiger partial charge in [0.2, 0.25) is 0 Å². The number of sulfonamides is 1. The Morgan fingerprint density at radius 2 is 1.58 bits per heavy atom. The number of urea groups is 1. The number of hydrogen-bond acceptors (Lipinski definition) is 6. The Morgan fingerprint density at radius 3 is 2.22 bits per heavy atom. The van der Waals surface area contributed by atoms with E-state index in [4.69, 9.17) is 5.11 Å². The van der Waals surface area contributed by atoms with Gasteiger partial charge >= 0.3 is 12.0 Å². The van der Waals surface area contributed by atoms with Crippen LogP contribution in [0, 0.1) is 0 Å². The second kappa shape index (κ2) is 16.3. The zero-order valence-electron chi connectivity index (χ0n) is 27.7. The summed E-state index contributed by atoms with van der Waals surface area (Å²) in [5, 5.41) is 23.6. The Kier molecular flexibility index (Phi) is 11.7. The van der Waals surface area contributed by atoms with Gasteiger partial charge in [0.25, 0.3) is 15.9 Å². The van der Waals surface area contributed by atoms with Crippen LogP contribution >= 0.6 is 0 Å². The molecular weight excluding hydrogens is 657 g/mol. The Balaban J connectivity index is 1.39. The Labute approximate surface area is 291 Å². The minimum absolute atomic E-state index is 0.0300. The molecular formula is C38H40N4O7S. The smallest absolute Gasteiger partial charge is 0.334 e. The van der Waals surface area contributed by atoms with Crippen LogP contribution in [-0.2, 0) is 21.4 Å². The molecule has 12 heteroatoms. The Bertz CT molecular complexity index is 1950. The molecule has 5 rings (SSSR count). The van der Waals surface area contributed by atoms with Gasteiger partial charge in [0, 0.05) is 23.5 Å². The van der Waals surface area contributed by atoms with Crippen LogP contribution in [0.15, 0.2) is 114 Å². The van der Waals surface area contributed by atoms with Crippen molar-refractivity contribution in [3.05, 3.63) is 126 Å². The number of rotatable bonds is 13. The number of nitrogens with one attached hydrogen (secondary N) is 2. The molecule has 0 radical (unpaired) electrons. The van der Waals surface area contributed by atoms with Crippen molar-refractivity contribution in [3.8, 4) is 0 Å². The standard InChI is InChI=1S/C38H40N4O7S/c1-2-42(33-13-7-4-8-14-33)50(48,49)34-15-9-12-31(24-34)40-38(47)41(32-22-20-29(21-23-32)28-10-5-3-6-11-28)26-27-16-18-30(19-17-27)36(44)39-25-35(43)37(45)46/h4,7-10,12-24,35,43H,2-3,5-6,11,25-26H2,1H3,(H,39,44)(H,40,47)(H,45,46)/t35-/m1/s1. The molecule has 0 saturated heterocycles. The lowest BCUT2D eigenvalue weighted by atomic mass is 9.93. The molecule has 11 nitrogen and oxygen atoms in total. The largest absolute Gasteiger partial charge is 0.479 e. The lowest BCUT2D eigenvalue weighted by Crippen LogP contribution is -2.36. The molecule has 0 bridgehead atoms. The molecule has 4 aromatic carbocycles. The Hall–Kier alpha value is -5.46. The van der Waals surface area contributed by atoms with Crippen LogP contribution in [0.2, 0.25) is 0 Å². The molecule has 3 amide bonds. The molecule has 4 N–H and O–H groups in total. The molecule has 0 unspecified atom stereocenters. The van der Waals surface area contributed by atoms with Crippen molar-refractivity contribution < 1.29 is 33.0 Å². The molecule has 260 valence electrons. The first-order chi connectivity index (χ1) is 24.1. The minimum atomic E-state index is -3.94. The highest BCUT2D eigenvalue weighted by Gasteiger charge is 2.25. The maximum absolute atomic E-state index is 14.0. The molecule has 0 heterocycles. The van der Waals surface area contributed by atoms with Gasteiger partial charge in [-0.05, 0) is 104 Å². The van der Waals surface area contributed by atoms with Crippen LogP contribution in [0.5, 0.6) is 0 Å². The highest BCUT2D eigenvalue weighted by atomic mass is 32.2. The van der Waals surface area contributed by atoms with Gasteiger partial charge in [-0.1, -0.05) is 54.6 Å². The van der Waals surface area contributed by atoms with Crippen LogP contribution < -0.4 is 19.8 Å². The van der Waals surface area contributed by atoms with E-state index in [2.05, 4.69) is 16.7 Å². The van der Waals surface area contributed by atoms with Gasteiger partial charge in [-0.25, -0.2) is 18.0 Å². The number of carbonyl (C=O) groups is 3. The molecule has 1 aliphatic rings. The number of aliphatic hydroxyl groups excluding tert-OH is 1. The average molecular weight is 697 g/mol. The predicted molar refractivity (Wildman–Crippen MR) is 194 cm³/mol. The highest BCUT2D eigenvalue weighted by molar-refractivity contribution is 7.92. The summed E-state index contributed by atoms with van der Waals surface area (Å²) < 4.78 is 28.7. The summed E-state index contributed by atoms with van der Waals surface area (Å²) in [6.07, 6.45) is 4.87. The van der Waals surface area contributed by atoms with Crippen LogP contribution in [0.4, 0.5) is 21.9 Å². The van der Waals surface area contributed by atoms with Gasteiger partial charge in [-0.15, -0.1) is 0 Å². The molecule has 4 aromatic rings. The van der Waals surface area contributed by atoms with Crippen LogP contribution in [0.3, 0.4) is 0 Å². The van der Waals surface area contributed by atoms with Crippen LogP contribution in [0.25, 0.3) is 5.57 Å². The van der Waals surface area contributed by atoms with Gasteiger partial charge in [0.05, 0.1) is 23.7 Å². The van der Waals surface area contributed by atoms with Crippen molar-refractivity contribution in [2.75, 3.05) is 27.6 Å². The summed E-state index contributed by atoms with van der Waals surface area (Å²) in [5.41, 5.74) is 4.75. The van der Waals surface area contributed by atoms with E-state index in [1.54, 1.807) is 67.6 Å². The zero-order chi connectivity index (χ0) is 35.7. The van der Waals surface area contributed by atoms with E-state index in [-0.39, 0.29) is 23.5 Å². The van der Waals surface area contributed by atoms with Crippen molar-refractivity contribution in [3.63, 3.8) is 0 Å².